The number of allylic oxidation sites excluding steroid dienone is 1. The van der Waals surface area contributed by atoms with E-state index < -0.39 is 5.97 Å². The minimum Gasteiger partial charge on any atom is -0.481 e. The number of carbonyl (C=O) groups is 1. The molecule has 0 radical (unpaired) electrons. The second-order valence-electron chi connectivity index (χ2n) is 3.99. The quantitative estimate of drug-likeness (QED) is 0.638. The van der Waals surface area contributed by atoms with E-state index in [4.69, 9.17) is 5.11 Å². The summed E-state index contributed by atoms with van der Waals surface area (Å²) >= 11 is 0. The maximum Gasteiger partial charge on any atom is 0.307 e. The summed E-state index contributed by atoms with van der Waals surface area (Å²) in [6.45, 7) is 2.11. The summed E-state index contributed by atoms with van der Waals surface area (Å²) in [5.74, 6) is 0.673. The molecule has 0 aromatic heterocycles. The van der Waals surface area contributed by atoms with Crippen LogP contribution in [0.4, 0.5) is 0 Å². The van der Waals surface area contributed by atoms with Crippen LogP contribution in [0, 0.1) is 11.8 Å². The average molecular weight is 166 g/mol. The first kappa shape index (κ1) is 7.84. The minimum atomic E-state index is -0.670. The zero-order valence-electron chi connectivity index (χ0n) is 7.34. The van der Waals surface area contributed by atoms with E-state index in [2.05, 4.69) is 6.92 Å². The number of rotatable bonds is 2. The number of hydrogen-bond donors (Lipinski definition) is 1. The molecule has 2 heteroatoms. The number of fused-ring (bicyclic) bond motifs is 2. The number of aliphatic carboxylic acids is 1. The van der Waals surface area contributed by atoms with Crippen molar-refractivity contribution in [3.8, 4) is 0 Å². The highest BCUT2D eigenvalue weighted by molar-refractivity contribution is 5.70. The molecular formula is C10H14O2. The fraction of sp³-hybridized carbons (Fsp3) is 0.700. The predicted molar refractivity (Wildman–Crippen MR) is 45.8 cm³/mol. The van der Waals surface area contributed by atoms with Crippen LogP contribution in [-0.2, 0) is 4.79 Å². The molecule has 2 nitrogen and oxygen atoms in total. The van der Waals surface area contributed by atoms with Crippen LogP contribution in [0.3, 0.4) is 0 Å². The lowest BCUT2D eigenvalue weighted by Crippen LogP contribution is -2.06. The first-order valence-electron chi connectivity index (χ1n) is 4.60. The molecule has 66 valence electrons. The van der Waals surface area contributed by atoms with Crippen LogP contribution in [0.5, 0.6) is 0 Å². The van der Waals surface area contributed by atoms with Gasteiger partial charge in [0.05, 0.1) is 6.42 Å². The van der Waals surface area contributed by atoms with Gasteiger partial charge in [0.15, 0.2) is 0 Å². The van der Waals surface area contributed by atoms with E-state index in [1.807, 2.05) is 0 Å². The van der Waals surface area contributed by atoms with Gasteiger partial charge < -0.3 is 5.11 Å². The Morgan fingerprint density at radius 3 is 2.67 bits per heavy atom. The lowest BCUT2D eigenvalue weighted by Gasteiger charge is -2.15. The van der Waals surface area contributed by atoms with Crippen LogP contribution in [0.1, 0.15) is 32.6 Å². The normalized spacial score (nSPS) is 33.1. The van der Waals surface area contributed by atoms with E-state index in [0.717, 1.165) is 5.92 Å². The van der Waals surface area contributed by atoms with Gasteiger partial charge in [-0.2, -0.15) is 0 Å². The van der Waals surface area contributed by atoms with Crippen molar-refractivity contribution in [3.63, 3.8) is 0 Å². The predicted octanol–water partition coefficient (Wildman–Crippen LogP) is 2.21. The van der Waals surface area contributed by atoms with Crippen LogP contribution >= 0.6 is 0 Å². The molecule has 2 unspecified atom stereocenters. The van der Waals surface area contributed by atoms with Crippen molar-refractivity contribution in [1.82, 2.24) is 0 Å². The summed E-state index contributed by atoms with van der Waals surface area (Å²) in [4.78, 5) is 10.5. The van der Waals surface area contributed by atoms with Gasteiger partial charge in [-0.3, -0.25) is 4.79 Å². The van der Waals surface area contributed by atoms with Gasteiger partial charge in [-0.1, -0.05) is 11.1 Å². The molecule has 0 aromatic carbocycles. The Balaban J connectivity index is 2.18. The topological polar surface area (TPSA) is 37.3 Å². The van der Waals surface area contributed by atoms with Gasteiger partial charge in [0, 0.05) is 0 Å². The summed E-state index contributed by atoms with van der Waals surface area (Å²) in [5.41, 5.74) is 2.62. The van der Waals surface area contributed by atoms with Crippen molar-refractivity contribution >= 4 is 5.97 Å². The molecule has 2 aliphatic rings. The first-order chi connectivity index (χ1) is 5.68. The maximum atomic E-state index is 10.5. The van der Waals surface area contributed by atoms with E-state index >= 15 is 0 Å². The molecule has 2 rings (SSSR count). The van der Waals surface area contributed by atoms with Crippen molar-refractivity contribution in [2.45, 2.75) is 32.6 Å². The highest BCUT2D eigenvalue weighted by Crippen LogP contribution is 2.49. The molecule has 2 aliphatic carbocycles. The summed E-state index contributed by atoms with van der Waals surface area (Å²) < 4.78 is 0. The molecule has 1 N–H and O–H groups in total. The molecule has 0 heterocycles. The van der Waals surface area contributed by atoms with Crippen molar-refractivity contribution in [2.24, 2.45) is 11.8 Å². The van der Waals surface area contributed by atoms with E-state index in [-0.39, 0.29) is 6.42 Å². The third-order valence-electron chi connectivity index (χ3n) is 3.39. The molecule has 0 amide bonds. The van der Waals surface area contributed by atoms with Gasteiger partial charge in [0.1, 0.15) is 0 Å². The molecule has 0 aromatic rings. The molecule has 0 aliphatic heterocycles. The van der Waals surface area contributed by atoms with Gasteiger partial charge >= 0.3 is 5.97 Å². The van der Waals surface area contributed by atoms with Crippen LogP contribution in [0.2, 0.25) is 0 Å². The monoisotopic (exact) mass is 166 g/mol. The summed E-state index contributed by atoms with van der Waals surface area (Å²) in [6.07, 6.45) is 4.03. The third-order valence-corrected chi connectivity index (χ3v) is 3.39. The summed E-state index contributed by atoms with van der Waals surface area (Å²) in [5, 5.41) is 8.69. The highest BCUT2D eigenvalue weighted by Gasteiger charge is 2.37. The molecule has 2 atom stereocenters. The van der Waals surface area contributed by atoms with Gasteiger partial charge in [0.2, 0.25) is 0 Å². The minimum absolute atomic E-state index is 0.285. The Kier molecular flexibility index (Phi) is 1.71. The summed E-state index contributed by atoms with van der Waals surface area (Å²) in [7, 11) is 0. The Hall–Kier alpha value is -0.790. The number of carboxylic acid groups (broad SMARTS) is 1. The lowest BCUT2D eigenvalue weighted by atomic mass is 9.91. The lowest BCUT2D eigenvalue weighted by molar-refractivity contribution is -0.136. The van der Waals surface area contributed by atoms with Crippen molar-refractivity contribution < 1.29 is 9.90 Å². The Morgan fingerprint density at radius 2 is 2.17 bits per heavy atom. The highest BCUT2D eigenvalue weighted by atomic mass is 16.4. The van der Waals surface area contributed by atoms with Crippen LogP contribution in [-0.4, -0.2) is 11.1 Å². The largest absolute Gasteiger partial charge is 0.481 e. The fourth-order valence-electron chi connectivity index (χ4n) is 2.72. The zero-order chi connectivity index (χ0) is 8.72. The first-order valence-corrected chi connectivity index (χ1v) is 4.60. The second kappa shape index (κ2) is 2.61. The zero-order valence-corrected chi connectivity index (χ0v) is 7.34. The van der Waals surface area contributed by atoms with Crippen molar-refractivity contribution in [3.05, 3.63) is 11.1 Å². The Labute approximate surface area is 72.3 Å². The molecule has 2 bridgehead atoms. The van der Waals surface area contributed by atoms with E-state index in [9.17, 15) is 4.79 Å². The standard InChI is InChI=1S/C10H14O2/c1-6-7-2-3-8(4-7)9(6)5-10(11)12/h7-8H,2-5H2,1H3,(H,11,12). The smallest absolute Gasteiger partial charge is 0.307 e. The SMILES string of the molecule is CC1=C(CC(=O)O)C2CCC1C2. The van der Waals surface area contributed by atoms with Crippen LogP contribution < -0.4 is 0 Å². The van der Waals surface area contributed by atoms with Crippen molar-refractivity contribution in [1.29, 1.82) is 0 Å². The third kappa shape index (κ3) is 1.06. The Morgan fingerprint density at radius 1 is 1.50 bits per heavy atom. The molecule has 0 saturated heterocycles. The number of hydrogen-bond acceptors (Lipinski definition) is 1. The van der Waals surface area contributed by atoms with E-state index in [1.165, 1.54) is 30.4 Å². The van der Waals surface area contributed by atoms with Gasteiger partial charge in [-0.25, -0.2) is 0 Å². The van der Waals surface area contributed by atoms with Crippen LogP contribution in [0.15, 0.2) is 11.1 Å². The Bertz CT molecular complexity index is 253. The molecular weight excluding hydrogens is 152 g/mol. The molecule has 12 heavy (non-hydrogen) atoms. The van der Waals surface area contributed by atoms with E-state index in [0.29, 0.717) is 5.92 Å². The van der Waals surface area contributed by atoms with Gasteiger partial charge in [-0.05, 0) is 38.0 Å². The van der Waals surface area contributed by atoms with E-state index in [1.54, 1.807) is 0 Å². The number of carboxylic acids is 1. The second-order valence-corrected chi connectivity index (χ2v) is 3.99. The van der Waals surface area contributed by atoms with Crippen molar-refractivity contribution in [2.75, 3.05) is 0 Å². The molecule has 1 fully saturated rings. The van der Waals surface area contributed by atoms with Gasteiger partial charge in [0.25, 0.3) is 0 Å². The fourth-order valence-corrected chi connectivity index (χ4v) is 2.72. The molecule has 0 spiro atoms. The maximum absolute atomic E-state index is 10.5. The summed E-state index contributed by atoms with van der Waals surface area (Å²) in [6, 6.07) is 0. The average Bonchev–Trinajstić information content (AvgIpc) is 2.53. The van der Waals surface area contributed by atoms with Crippen LogP contribution in [0.25, 0.3) is 0 Å². The molecule has 1 saturated carbocycles. The van der Waals surface area contributed by atoms with Gasteiger partial charge in [-0.15, -0.1) is 0 Å².